The van der Waals surface area contributed by atoms with Crippen LogP contribution < -0.4 is 10.1 Å². The fraction of sp³-hybridized carbons (Fsp3) is 0.467. The topological polar surface area (TPSA) is 67.3 Å². The normalized spacial score (nSPS) is 12.1. The Hall–Kier alpha value is -1.66. The molecule has 1 aromatic carbocycles. The van der Waals surface area contributed by atoms with Crippen LogP contribution in [0.15, 0.2) is 24.4 Å². The zero-order valence-electron chi connectivity index (χ0n) is 12.4. The molecule has 0 amide bonds. The molecule has 0 aliphatic rings. The molecule has 0 saturated carbocycles. The van der Waals surface area contributed by atoms with Crippen molar-refractivity contribution in [3.05, 3.63) is 35.5 Å². The van der Waals surface area contributed by atoms with E-state index in [9.17, 15) is 5.11 Å². The van der Waals surface area contributed by atoms with Gasteiger partial charge in [0.1, 0.15) is 18.9 Å². The summed E-state index contributed by atoms with van der Waals surface area (Å²) in [5.74, 6) is 0.460. The van der Waals surface area contributed by atoms with Crippen molar-refractivity contribution in [3.63, 3.8) is 0 Å². The van der Waals surface area contributed by atoms with Crippen LogP contribution in [0, 0.1) is 0 Å². The third-order valence-electron chi connectivity index (χ3n) is 3.28. The predicted octanol–water partition coefficient (Wildman–Crippen LogP) is 2.51. The van der Waals surface area contributed by atoms with Crippen LogP contribution in [0.5, 0.6) is 5.88 Å². The van der Waals surface area contributed by atoms with E-state index in [2.05, 4.69) is 46.1 Å². The van der Waals surface area contributed by atoms with E-state index in [4.69, 9.17) is 4.74 Å². The first-order chi connectivity index (χ1) is 10.2. The molecule has 2 rings (SSSR count). The maximum atomic E-state index is 10.0. The number of nitrogens with one attached hydrogen (secondary N) is 1. The summed E-state index contributed by atoms with van der Waals surface area (Å²) >= 11 is 1.09. The van der Waals surface area contributed by atoms with Crippen LogP contribution in [-0.4, -0.2) is 33.1 Å². The molecule has 114 valence electrons. The van der Waals surface area contributed by atoms with Crippen LogP contribution in [0.3, 0.4) is 0 Å². The van der Waals surface area contributed by atoms with E-state index >= 15 is 0 Å². The highest BCUT2D eigenvalue weighted by Gasteiger charge is 2.10. The number of aromatic nitrogens is 2. The summed E-state index contributed by atoms with van der Waals surface area (Å²) in [6.07, 6.45) is 2.88. The molecule has 6 heteroatoms. The van der Waals surface area contributed by atoms with Crippen LogP contribution in [0.25, 0.3) is 0 Å². The number of aliphatic hydroxyl groups excluding tert-OH is 1. The molecule has 0 saturated heterocycles. The van der Waals surface area contributed by atoms with Crippen LogP contribution in [0.1, 0.15) is 25.0 Å². The first-order valence-corrected chi connectivity index (χ1v) is 7.90. The quantitative estimate of drug-likeness (QED) is 0.784. The van der Waals surface area contributed by atoms with Gasteiger partial charge in [-0.25, -0.2) is 0 Å². The van der Waals surface area contributed by atoms with Gasteiger partial charge in [-0.15, -0.1) is 4.37 Å². The molecule has 0 spiro atoms. The fourth-order valence-electron chi connectivity index (χ4n) is 2.15. The minimum atomic E-state index is -0.596. The summed E-state index contributed by atoms with van der Waals surface area (Å²) in [5.41, 5.74) is 3.68. The Labute approximate surface area is 129 Å². The molecule has 5 nitrogen and oxygen atoms in total. The summed E-state index contributed by atoms with van der Waals surface area (Å²) in [7, 11) is 0. The van der Waals surface area contributed by atoms with Gasteiger partial charge in [0.05, 0.1) is 11.7 Å². The molecule has 1 unspecified atom stereocenters. The van der Waals surface area contributed by atoms with Crippen LogP contribution in [0.4, 0.5) is 5.69 Å². The van der Waals surface area contributed by atoms with Gasteiger partial charge >= 0.3 is 0 Å². The van der Waals surface area contributed by atoms with E-state index in [1.165, 1.54) is 11.1 Å². The van der Waals surface area contributed by atoms with E-state index < -0.39 is 6.10 Å². The molecule has 0 aliphatic carbocycles. The predicted molar refractivity (Wildman–Crippen MR) is 85.1 cm³/mol. The average molecular weight is 307 g/mol. The van der Waals surface area contributed by atoms with Crippen molar-refractivity contribution in [2.45, 2.75) is 32.8 Å². The minimum Gasteiger partial charge on any atom is -0.473 e. The molecule has 0 radical (unpaired) electrons. The standard InChI is InChI=1S/C15H21N3O2S/c1-3-11-6-5-7-12(4-2)15(11)16-8-13(19)10-20-14-9-17-21-18-14/h5-7,9,13,16,19H,3-4,8,10H2,1-2H3. The number of nitrogens with zero attached hydrogens (tertiary/aromatic N) is 2. The van der Waals surface area contributed by atoms with E-state index in [-0.39, 0.29) is 6.61 Å². The number of hydrogen-bond donors (Lipinski definition) is 2. The molecule has 1 aromatic heterocycles. The Morgan fingerprint density at radius 2 is 2.00 bits per heavy atom. The summed E-state index contributed by atoms with van der Waals surface area (Å²) in [5, 5.41) is 13.4. The van der Waals surface area contributed by atoms with E-state index in [1.54, 1.807) is 6.20 Å². The zero-order chi connectivity index (χ0) is 15.1. The number of para-hydroxylation sites is 1. The summed E-state index contributed by atoms with van der Waals surface area (Å²) in [6, 6.07) is 6.31. The lowest BCUT2D eigenvalue weighted by Gasteiger charge is -2.18. The second-order valence-electron chi connectivity index (χ2n) is 4.75. The monoisotopic (exact) mass is 307 g/mol. The van der Waals surface area contributed by atoms with Crippen molar-refractivity contribution in [1.29, 1.82) is 0 Å². The van der Waals surface area contributed by atoms with Gasteiger partial charge in [0.2, 0.25) is 5.88 Å². The first kappa shape index (κ1) is 15.7. The SMILES string of the molecule is CCc1cccc(CC)c1NCC(O)COc1cnsn1. The second kappa shape index (κ2) is 7.95. The van der Waals surface area contributed by atoms with Crippen LogP contribution in [0.2, 0.25) is 0 Å². The van der Waals surface area contributed by atoms with Gasteiger partial charge in [-0.2, -0.15) is 4.37 Å². The summed E-state index contributed by atoms with van der Waals surface area (Å²) < 4.78 is 13.1. The zero-order valence-corrected chi connectivity index (χ0v) is 13.2. The number of hydrogen-bond acceptors (Lipinski definition) is 6. The van der Waals surface area contributed by atoms with Crippen molar-refractivity contribution in [2.24, 2.45) is 0 Å². The molecule has 0 bridgehead atoms. The Balaban J connectivity index is 1.89. The van der Waals surface area contributed by atoms with E-state index in [0.717, 1.165) is 30.3 Å². The number of rotatable bonds is 8. The van der Waals surface area contributed by atoms with E-state index in [1.807, 2.05) is 0 Å². The third-order valence-corrected chi connectivity index (χ3v) is 3.74. The smallest absolute Gasteiger partial charge is 0.245 e. The highest BCUT2D eigenvalue weighted by molar-refractivity contribution is 6.99. The molecule has 1 heterocycles. The van der Waals surface area contributed by atoms with Gasteiger partial charge in [-0.05, 0) is 24.0 Å². The maximum Gasteiger partial charge on any atom is 0.245 e. The molecular weight excluding hydrogens is 286 g/mol. The summed E-state index contributed by atoms with van der Waals surface area (Å²) in [6.45, 7) is 4.92. The Kier molecular flexibility index (Phi) is 5.95. The fourth-order valence-corrected chi connectivity index (χ4v) is 2.51. The lowest BCUT2D eigenvalue weighted by atomic mass is 10.0. The van der Waals surface area contributed by atoms with Crippen molar-refractivity contribution in [1.82, 2.24) is 8.75 Å². The van der Waals surface area contributed by atoms with Crippen molar-refractivity contribution in [3.8, 4) is 5.88 Å². The number of ether oxygens (including phenoxy) is 1. The number of aryl methyl sites for hydroxylation is 2. The van der Waals surface area contributed by atoms with Gasteiger partial charge in [0, 0.05) is 12.2 Å². The number of benzene rings is 1. The Bertz CT molecular complexity index is 524. The first-order valence-electron chi connectivity index (χ1n) is 7.17. The van der Waals surface area contributed by atoms with Gasteiger partial charge < -0.3 is 15.2 Å². The van der Waals surface area contributed by atoms with E-state index in [0.29, 0.717) is 12.4 Å². The van der Waals surface area contributed by atoms with Crippen LogP contribution >= 0.6 is 11.7 Å². The molecule has 0 fully saturated rings. The lowest BCUT2D eigenvalue weighted by molar-refractivity contribution is 0.115. The van der Waals surface area contributed by atoms with Crippen LogP contribution in [-0.2, 0) is 12.8 Å². The lowest BCUT2D eigenvalue weighted by Crippen LogP contribution is -2.27. The molecular formula is C15H21N3O2S. The highest BCUT2D eigenvalue weighted by atomic mass is 32.1. The van der Waals surface area contributed by atoms with Crippen molar-refractivity contribution in [2.75, 3.05) is 18.5 Å². The third kappa shape index (κ3) is 4.41. The number of aliphatic hydroxyl groups is 1. The summed E-state index contributed by atoms with van der Waals surface area (Å²) in [4.78, 5) is 0. The molecule has 1 atom stereocenters. The average Bonchev–Trinajstić information content (AvgIpc) is 3.03. The Morgan fingerprint density at radius 1 is 1.29 bits per heavy atom. The molecule has 0 aliphatic heterocycles. The van der Waals surface area contributed by atoms with Crippen molar-refractivity contribution >= 4 is 17.4 Å². The molecule has 2 N–H and O–H groups in total. The Morgan fingerprint density at radius 3 is 2.57 bits per heavy atom. The molecule has 21 heavy (non-hydrogen) atoms. The maximum absolute atomic E-state index is 10.0. The van der Waals surface area contributed by atoms with Gasteiger partial charge in [0.25, 0.3) is 0 Å². The second-order valence-corrected chi connectivity index (χ2v) is 5.31. The van der Waals surface area contributed by atoms with Gasteiger partial charge in [-0.1, -0.05) is 32.0 Å². The van der Waals surface area contributed by atoms with Crippen molar-refractivity contribution < 1.29 is 9.84 Å². The number of anilines is 1. The highest BCUT2D eigenvalue weighted by Crippen LogP contribution is 2.22. The minimum absolute atomic E-state index is 0.203. The molecule has 2 aromatic rings. The van der Waals surface area contributed by atoms with Gasteiger partial charge in [-0.3, -0.25) is 0 Å². The largest absolute Gasteiger partial charge is 0.473 e. The van der Waals surface area contributed by atoms with Gasteiger partial charge in [0.15, 0.2) is 0 Å².